The molecule has 4 nitrogen and oxygen atoms in total. The number of anilines is 1. The minimum absolute atomic E-state index is 0.304. The van der Waals surface area contributed by atoms with Gasteiger partial charge in [-0.05, 0) is 43.2 Å². The molecule has 28 heavy (non-hydrogen) atoms. The number of hydrogen-bond acceptors (Lipinski definition) is 5. The highest BCUT2D eigenvalue weighted by molar-refractivity contribution is 7.22. The summed E-state index contributed by atoms with van der Waals surface area (Å²) in [5, 5.41) is 5.35. The summed E-state index contributed by atoms with van der Waals surface area (Å²) in [6.45, 7) is 0. The Balaban J connectivity index is 1.41. The average Bonchev–Trinajstić information content (AvgIpc) is 3.10. The minimum atomic E-state index is -0.304. The molecule has 0 bridgehead atoms. The smallest absolute Gasteiger partial charge is 0.184 e. The first kappa shape index (κ1) is 17.4. The maximum absolute atomic E-state index is 13.4. The molecule has 5 rings (SSSR count). The molecule has 0 amide bonds. The molecule has 6 heteroatoms. The summed E-state index contributed by atoms with van der Waals surface area (Å²) in [5.41, 5.74) is 1.55. The second-order valence-electron chi connectivity index (χ2n) is 7.20. The normalized spacial score (nSPS) is 15.2. The second-order valence-corrected chi connectivity index (χ2v) is 8.23. The fraction of sp³-hybridized carbons (Fsp3) is 0.273. The third kappa shape index (κ3) is 3.52. The van der Waals surface area contributed by atoms with E-state index in [1.807, 2.05) is 18.2 Å². The molecule has 0 unspecified atom stereocenters. The Hall–Kier alpha value is -2.73. The molecule has 1 saturated carbocycles. The highest BCUT2D eigenvalue weighted by Gasteiger charge is 2.15. The van der Waals surface area contributed by atoms with Gasteiger partial charge in [0, 0.05) is 29.8 Å². The molecule has 2 aromatic carbocycles. The van der Waals surface area contributed by atoms with Crippen molar-refractivity contribution in [1.82, 2.24) is 9.97 Å². The number of nitrogens with one attached hydrogen (secondary N) is 1. The van der Waals surface area contributed by atoms with Crippen molar-refractivity contribution in [2.45, 2.75) is 38.1 Å². The summed E-state index contributed by atoms with van der Waals surface area (Å²) >= 11 is 1.66. The molecule has 0 radical (unpaired) electrons. The number of pyridine rings is 1. The van der Waals surface area contributed by atoms with Gasteiger partial charge in [-0.2, -0.15) is 0 Å². The monoisotopic (exact) mass is 393 g/mol. The van der Waals surface area contributed by atoms with E-state index in [-0.39, 0.29) is 5.82 Å². The summed E-state index contributed by atoms with van der Waals surface area (Å²) in [5.74, 6) is 1.09. The lowest BCUT2D eigenvalue weighted by molar-refractivity contribution is 0.462. The van der Waals surface area contributed by atoms with E-state index in [2.05, 4.69) is 10.3 Å². The quantitative estimate of drug-likeness (QED) is 0.429. The molecule has 1 aliphatic rings. The van der Waals surface area contributed by atoms with Crippen LogP contribution in [0.15, 0.2) is 48.7 Å². The Morgan fingerprint density at radius 1 is 1.00 bits per heavy atom. The van der Waals surface area contributed by atoms with Gasteiger partial charge in [0.2, 0.25) is 0 Å². The maximum atomic E-state index is 13.4. The highest BCUT2D eigenvalue weighted by Crippen LogP contribution is 2.34. The molecule has 4 aromatic rings. The van der Waals surface area contributed by atoms with Gasteiger partial charge in [-0.25, -0.2) is 9.37 Å². The Kier molecular flexibility index (Phi) is 4.56. The van der Waals surface area contributed by atoms with Crippen molar-refractivity contribution in [2.24, 2.45) is 0 Å². The van der Waals surface area contributed by atoms with E-state index >= 15 is 0 Å². The van der Waals surface area contributed by atoms with Crippen LogP contribution in [0.3, 0.4) is 0 Å². The van der Waals surface area contributed by atoms with Gasteiger partial charge >= 0.3 is 0 Å². The summed E-state index contributed by atoms with van der Waals surface area (Å²) in [7, 11) is 0. The number of nitrogens with zero attached hydrogens (tertiary/aromatic N) is 2. The number of ether oxygens (including phenoxy) is 1. The van der Waals surface area contributed by atoms with Crippen LogP contribution in [0.2, 0.25) is 0 Å². The summed E-state index contributed by atoms with van der Waals surface area (Å²) in [6.07, 6.45) is 8.01. The zero-order chi connectivity index (χ0) is 18.9. The van der Waals surface area contributed by atoms with E-state index in [4.69, 9.17) is 9.72 Å². The van der Waals surface area contributed by atoms with Crippen molar-refractivity contribution in [2.75, 3.05) is 5.32 Å². The number of aromatic nitrogens is 2. The molecule has 1 aliphatic carbocycles. The Labute approximate surface area is 166 Å². The Bertz CT molecular complexity index is 1140. The fourth-order valence-corrected chi connectivity index (χ4v) is 4.73. The van der Waals surface area contributed by atoms with Crippen LogP contribution in [-0.2, 0) is 0 Å². The second kappa shape index (κ2) is 7.36. The van der Waals surface area contributed by atoms with Gasteiger partial charge in [-0.15, -0.1) is 0 Å². The third-order valence-electron chi connectivity index (χ3n) is 5.19. The topological polar surface area (TPSA) is 47.0 Å². The molecule has 1 N–H and O–H groups in total. The molecule has 2 heterocycles. The number of hydrogen-bond donors (Lipinski definition) is 1. The molecule has 0 atom stereocenters. The molecule has 142 valence electrons. The molecule has 0 spiro atoms. The number of benzene rings is 2. The van der Waals surface area contributed by atoms with Crippen LogP contribution in [-0.4, -0.2) is 16.0 Å². The lowest BCUT2D eigenvalue weighted by Gasteiger charge is -2.22. The Morgan fingerprint density at radius 2 is 1.89 bits per heavy atom. The van der Waals surface area contributed by atoms with Crippen LogP contribution in [0.4, 0.5) is 9.52 Å². The number of halogens is 1. The molecular formula is C22H20FN3OS. The van der Waals surface area contributed by atoms with E-state index in [0.29, 0.717) is 17.3 Å². The standard InChI is InChI=1S/C22H20FN3OS/c23-14-6-8-17-19(12-14)24-11-10-20(17)27-16-7-9-18-21(13-16)28-22(26-18)25-15-4-2-1-3-5-15/h6-13,15H,1-5H2,(H,25,26). The largest absolute Gasteiger partial charge is 0.457 e. The van der Waals surface area contributed by atoms with Crippen molar-refractivity contribution < 1.29 is 9.13 Å². The van der Waals surface area contributed by atoms with E-state index in [9.17, 15) is 4.39 Å². The van der Waals surface area contributed by atoms with Gasteiger partial charge < -0.3 is 10.1 Å². The Morgan fingerprint density at radius 3 is 2.79 bits per heavy atom. The predicted octanol–water partition coefficient (Wildman–Crippen LogP) is 6.52. The first-order valence-electron chi connectivity index (χ1n) is 9.64. The van der Waals surface area contributed by atoms with Gasteiger partial charge in [0.1, 0.15) is 17.3 Å². The SMILES string of the molecule is Fc1ccc2c(Oc3ccc4nc(NC5CCCCC5)sc4c3)ccnc2c1. The van der Waals surface area contributed by atoms with Gasteiger partial charge in [0.25, 0.3) is 0 Å². The third-order valence-corrected chi connectivity index (χ3v) is 6.13. The zero-order valence-electron chi connectivity index (χ0n) is 15.3. The van der Waals surface area contributed by atoms with Gasteiger partial charge in [-0.1, -0.05) is 30.6 Å². The fourth-order valence-electron chi connectivity index (χ4n) is 3.76. The van der Waals surface area contributed by atoms with Crippen LogP contribution in [0, 0.1) is 5.82 Å². The summed E-state index contributed by atoms with van der Waals surface area (Å²) in [4.78, 5) is 8.93. The predicted molar refractivity (Wildman–Crippen MR) is 112 cm³/mol. The van der Waals surface area contributed by atoms with E-state index in [0.717, 1.165) is 26.5 Å². The van der Waals surface area contributed by atoms with E-state index in [1.165, 1.54) is 44.2 Å². The number of thiazole rings is 1. The van der Waals surface area contributed by atoms with Crippen molar-refractivity contribution in [3.8, 4) is 11.5 Å². The van der Waals surface area contributed by atoms with Crippen molar-refractivity contribution in [3.63, 3.8) is 0 Å². The molecule has 0 saturated heterocycles. The molecule has 0 aliphatic heterocycles. The summed E-state index contributed by atoms with van der Waals surface area (Å²) in [6, 6.07) is 12.8. The van der Waals surface area contributed by atoms with Crippen LogP contribution >= 0.6 is 11.3 Å². The van der Waals surface area contributed by atoms with Crippen LogP contribution in [0.25, 0.3) is 21.1 Å². The van der Waals surface area contributed by atoms with Crippen LogP contribution in [0.5, 0.6) is 11.5 Å². The van der Waals surface area contributed by atoms with Crippen molar-refractivity contribution in [1.29, 1.82) is 0 Å². The average molecular weight is 393 g/mol. The van der Waals surface area contributed by atoms with Gasteiger partial charge in [0.05, 0.1) is 15.7 Å². The number of fused-ring (bicyclic) bond motifs is 2. The first-order valence-corrected chi connectivity index (χ1v) is 10.5. The van der Waals surface area contributed by atoms with Crippen LogP contribution in [0.1, 0.15) is 32.1 Å². The lowest BCUT2D eigenvalue weighted by Crippen LogP contribution is -2.21. The van der Waals surface area contributed by atoms with Crippen molar-refractivity contribution in [3.05, 3.63) is 54.5 Å². The summed E-state index contributed by atoms with van der Waals surface area (Å²) < 4.78 is 20.6. The van der Waals surface area contributed by atoms with Gasteiger partial charge in [0.15, 0.2) is 5.13 Å². The van der Waals surface area contributed by atoms with Crippen LogP contribution < -0.4 is 10.1 Å². The van der Waals surface area contributed by atoms with E-state index < -0.39 is 0 Å². The maximum Gasteiger partial charge on any atom is 0.184 e. The highest BCUT2D eigenvalue weighted by atomic mass is 32.1. The zero-order valence-corrected chi connectivity index (χ0v) is 16.1. The minimum Gasteiger partial charge on any atom is -0.457 e. The number of rotatable bonds is 4. The molecular weight excluding hydrogens is 373 g/mol. The van der Waals surface area contributed by atoms with Crippen molar-refractivity contribution >= 4 is 37.6 Å². The lowest BCUT2D eigenvalue weighted by atomic mass is 9.96. The molecule has 2 aromatic heterocycles. The van der Waals surface area contributed by atoms with E-state index in [1.54, 1.807) is 29.7 Å². The van der Waals surface area contributed by atoms with Gasteiger partial charge in [-0.3, -0.25) is 4.98 Å². The first-order chi connectivity index (χ1) is 13.7. The molecule has 1 fully saturated rings.